The quantitative estimate of drug-likeness (QED) is 0.875. The van der Waals surface area contributed by atoms with Crippen LogP contribution >= 0.6 is 27.5 Å². The van der Waals surface area contributed by atoms with Gasteiger partial charge >= 0.3 is 0 Å². The Morgan fingerprint density at radius 2 is 1.82 bits per heavy atom. The number of aliphatic hydroxyl groups excluding tert-OH is 1. The molecule has 0 amide bonds. The molecule has 0 aliphatic heterocycles. The third-order valence-electron chi connectivity index (χ3n) is 2.42. The molecule has 2 aromatic rings. The number of hydrogen-bond donors (Lipinski definition) is 1. The third kappa shape index (κ3) is 2.86. The molecule has 1 unspecified atom stereocenters. The van der Waals surface area contributed by atoms with Gasteiger partial charge in [0, 0.05) is 5.02 Å². The third-order valence-corrected chi connectivity index (χ3v) is 3.30. The van der Waals surface area contributed by atoms with E-state index in [0.717, 1.165) is 0 Å². The number of aliphatic hydroxyl groups is 1. The van der Waals surface area contributed by atoms with Crippen molar-refractivity contribution in [2.24, 2.45) is 0 Å². The zero-order valence-corrected chi connectivity index (χ0v) is 11.0. The van der Waals surface area contributed by atoms with Crippen LogP contribution in [-0.2, 0) is 0 Å². The highest BCUT2D eigenvalue weighted by Crippen LogP contribution is 2.26. The van der Waals surface area contributed by atoms with Gasteiger partial charge in [-0.25, -0.2) is 4.39 Å². The first-order valence-corrected chi connectivity index (χ1v) is 6.13. The van der Waals surface area contributed by atoms with Gasteiger partial charge in [-0.15, -0.1) is 0 Å². The van der Waals surface area contributed by atoms with E-state index >= 15 is 0 Å². The SMILES string of the molecule is OC(c1cccc(Cl)c1)c1ccc(Br)c(F)c1. The summed E-state index contributed by atoms with van der Waals surface area (Å²) in [6.45, 7) is 0. The molecule has 0 heterocycles. The Balaban J connectivity index is 2.36. The molecule has 4 heteroatoms. The van der Waals surface area contributed by atoms with Crippen molar-refractivity contribution in [2.75, 3.05) is 0 Å². The maximum atomic E-state index is 13.4. The second-order valence-electron chi connectivity index (χ2n) is 3.63. The van der Waals surface area contributed by atoms with E-state index in [0.29, 0.717) is 20.6 Å². The lowest BCUT2D eigenvalue weighted by Crippen LogP contribution is -2.00. The Bertz CT molecular complexity index is 545. The Labute approximate surface area is 112 Å². The largest absolute Gasteiger partial charge is 0.384 e. The normalized spacial score (nSPS) is 12.5. The van der Waals surface area contributed by atoms with E-state index in [9.17, 15) is 9.50 Å². The Morgan fingerprint density at radius 3 is 2.47 bits per heavy atom. The van der Waals surface area contributed by atoms with Crippen LogP contribution < -0.4 is 0 Å². The van der Waals surface area contributed by atoms with Crippen molar-refractivity contribution >= 4 is 27.5 Å². The summed E-state index contributed by atoms with van der Waals surface area (Å²) >= 11 is 8.91. The van der Waals surface area contributed by atoms with Gasteiger partial charge in [0.05, 0.1) is 4.47 Å². The summed E-state index contributed by atoms with van der Waals surface area (Å²) < 4.78 is 13.7. The van der Waals surface area contributed by atoms with Crippen LogP contribution in [0.5, 0.6) is 0 Å². The van der Waals surface area contributed by atoms with E-state index in [4.69, 9.17) is 11.6 Å². The second kappa shape index (κ2) is 5.17. The topological polar surface area (TPSA) is 20.2 Å². The van der Waals surface area contributed by atoms with Crippen LogP contribution in [0.15, 0.2) is 46.9 Å². The summed E-state index contributed by atoms with van der Waals surface area (Å²) in [6, 6.07) is 11.4. The summed E-state index contributed by atoms with van der Waals surface area (Å²) in [5, 5.41) is 10.6. The zero-order chi connectivity index (χ0) is 12.4. The minimum Gasteiger partial charge on any atom is -0.384 e. The molecule has 0 aliphatic rings. The van der Waals surface area contributed by atoms with E-state index in [1.54, 1.807) is 36.4 Å². The van der Waals surface area contributed by atoms with Crippen LogP contribution in [0.4, 0.5) is 4.39 Å². The highest BCUT2D eigenvalue weighted by molar-refractivity contribution is 9.10. The second-order valence-corrected chi connectivity index (χ2v) is 4.92. The average Bonchev–Trinajstić information content (AvgIpc) is 2.32. The first-order valence-electron chi connectivity index (χ1n) is 4.96. The fourth-order valence-corrected chi connectivity index (χ4v) is 2.00. The van der Waals surface area contributed by atoms with E-state index < -0.39 is 11.9 Å². The molecule has 0 aromatic heterocycles. The van der Waals surface area contributed by atoms with Crippen molar-refractivity contribution in [1.29, 1.82) is 0 Å². The Morgan fingerprint density at radius 1 is 1.12 bits per heavy atom. The van der Waals surface area contributed by atoms with Crippen molar-refractivity contribution in [3.8, 4) is 0 Å². The van der Waals surface area contributed by atoms with Gasteiger partial charge in [0.1, 0.15) is 11.9 Å². The lowest BCUT2D eigenvalue weighted by molar-refractivity contribution is 0.220. The molecule has 0 saturated heterocycles. The van der Waals surface area contributed by atoms with Gasteiger partial charge in [-0.3, -0.25) is 0 Å². The summed E-state index contributed by atoms with van der Waals surface area (Å²) in [6.07, 6.45) is -0.878. The van der Waals surface area contributed by atoms with Gasteiger partial charge in [0.15, 0.2) is 0 Å². The smallest absolute Gasteiger partial charge is 0.137 e. The predicted molar refractivity (Wildman–Crippen MR) is 69.6 cm³/mol. The molecule has 0 saturated carbocycles. The molecule has 1 N–H and O–H groups in total. The summed E-state index contributed by atoms with van der Waals surface area (Å²) in [5.41, 5.74) is 1.13. The van der Waals surface area contributed by atoms with Crippen LogP contribution in [0, 0.1) is 5.82 Å². The Kier molecular flexibility index (Phi) is 3.82. The van der Waals surface area contributed by atoms with Crippen molar-refractivity contribution in [3.05, 3.63) is 68.9 Å². The maximum absolute atomic E-state index is 13.4. The fourth-order valence-electron chi connectivity index (χ4n) is 1.55. The molecule has 1 atom stereocenters. The van der Waals surface area contributed by atoms with Gasteiger partial charge in [-0.1, -0.05) is 29.8 Å². The lowest BCUT2D eigenvalue weighted by Gasteiger charge is -2.12. The summed E-state index contributed by atoms with van der Waals surface area (Å²) in [5.74, 6) is -0.399. The molecule has 0 radical (unpaired) electrons. The number of rotatable bonds is 2. The van der Waals surface area contributed by atoms with Crippen LogP contribution in [0.1, 0.15) is 17.2 Å². The Hall–Kier alpha value is -0.900. The van der Waals surface area contributed by atoms with Crippen molar-refractivity contribution in [2.45, 2.75) is 6.10 Å². The van der Waals surface area contributed by atoms with Gasteiger partial charge in [-0.2, -0.15) is 0 Å². The average molecular weight is 316 g/mol. The van der Waals surface area contributed by atoms with E-state index in [2.05, 4.69) is 15.9 Å². The number of benzene rings is 2. The first-order chi connectivity index (χ1) is 8.08. The highest BCUT2D eigenvalue weighted by Gasteiger charge is 2.12. The van der Waals surface area contributed by atoms with Crippen LogP contribution in [0.3, 0.4) is 0 Å². The molecule has 0 bridgehead atoms. The van der Waals surface area contributed by atoms with Crippen LogP contribution in [0.25, 0.3) is 0 Å². The van der Waals surface area contributed by atoms with E-state index in [1.807, 2.05) is 0 Å². The predicted octanol–water partition coefficient (Wildman–Crippen LogP) is 4.32. The van der Waals surface area contributed by atoms with Crippen molar-refractivity contribution < 1.29 is 9.50 Å². The highest BCUT2D eigenvalue weighted by atomic mass is 79.9. The first kappa shape index (κ1) is 12.6. The van der Waals surface area contributed by atoms with Crippen LogP contribution in [0.2, 0.25) is 5.02 Å². The standard InChI is InChI=1S/C13H9BrClFO/c14-11-5-4-9(7-12(11)16)13(17)8-2-1-3-10(15)6-8/h1-7,13,17H. The van der Waals surface area contributed by atoms with Gasteiger partial charge in [0.25, 0.3) is 0 Å². The molecule has 1 nitrogen and oxygen atoms in total. The molecule has 2 aromatic carbocycles. The molecule has 2 rings (SSSR count). The number of hydrogen-bond acceptors (Lipinski definition) is 1. The number of halogens is 3. The van der Waals surface area contributed by atoms with Crippen molar-refractivity contribution in [3.63, 3.8) is 0 Å². The monoisotopic (exact) mass is 314 g/mol. The molecule has 0 spiro atoms. The van der Waals surface area contributed by atoms with Crippen molar-refractivity contribution in [1.82, 2.24) is 0 Å². The lowest BCUT2D eigenvalue weighted by atomic mass is 10.0. The maximum Gasteiger partial charge on any atom is 0.137 e. The van der Waals surface area contributed by atoms with Gasteiger partial charge in [0.2, 0.25) is 0 Å². The van der Waals surface area contributed by atoms with Gasteiger partial charge < -0.3 is 5.11 Å². The molecule has 0 fully saturated rings. The molecular formula is C13H9BrClFO. The minimum absolute atomic E-state index is 0.375. The van der Waals surface area contributed by atoms with E-state index in [1.165, 1.54) is 6.07 Å². The van der Waals surface area contributed by atoms with E-state index in [-0.39, 0.29) is 0 Å². The van der Waals surface area contributed by atoms with Crippen LogP contribution in [-0.4, -0.2) is 5.11 Å². The minimum atomic E-state index is -0.878. The molecule has 88 valence electrons. The fraction of sp³-hybridized carbons (Fsp3) is 0.0769. The zero-order valence-electron chi connectivity index (χ0n) is 8.70. The molecular weight excluding hydrogens is 306 g/mol. The molecule has 0 aliphatic carbocycles. The molecule has 17 heavy (non-hydrogen) atoms. The summed E-state index contributed by atoms with van der Waals surface area (Å²) in [4.78, 5) is 0. The van der Waals surface area contributed by atoms with Gasteiger partial charge in [-0.05, 0) is 51.3 Å². The summed E-state index contributed by atoms with van der Waals surface area (Å²) in [7, 11) is 0.